The fraction of sp³-hybridized carbons (Fsp3) is 0.571. The van der Waals surface area contributed by atoms with E-state index in [1.807, 2.05) is 12.1 Å². The summed E-state index contributed by atoms with van der Waals surface area (Å²) in [6, 6.07) is 8.25. The number of nitrogens with two attached hydrogens (primary N) is 1. The van der Waals surface area contributed by atoms with Gasteiger partial charge in [-0.2, -0.15) is 0 Å². The Balaban J connectivity index is 2.81. The first-order valence-corrected chi connectivity index (χ1v) is 5.99. The molecule has 1 aromatic rings. The summed E-state index contributed by atoms with van der Waals surface area (Å²) < 4.78 is 0. The van der Waals surface area contributed by atoms with Crippen LogP contribution in [0.1, 0.15) is 37.3 Å². The van der Waals surface area contributed by atoms with Crippen molar-refractivity contribution in [3.8, 4) is 0 Å². The zero-order chi connectivity index (χ0) is 12.1. The highest BCUT2D eigenvalue weighted by Crippen LogP contribution is 2.23. The Morgan fingerprint density at radius 3 is 2.50 bits per heavy atom. The van der Waals surface area contributed by atoms with E-state index in [-0.39, 0.29) is 12.0 Å². The van der Waals surface area contributed by atoms with Gasteiger partial charge in [-0.1, -0.05) is 43.7 Å². The van der Waals surface area contributed by atoms with Crippen molar-refractivity contribution < 1.29 is 5.11 Å². The summed E-state index contributed by atoms with van der Waals surface area (Å²) >= 11 is 0. The lowest BCUT2D eigenvalue weighted by Crippen LogP contribution is -2.27. The number of hydrogen-bond donors (Lipinski definition) is 2. The molecule has 0 radical (unpaired) electrons. The van der Waals surface area contributed by atoms with Crippen molar-refractivity contribution in [2.75, 3.05) is 6.54 Å². The van der Waals surface area contributed by atoms with E-state index in [9.17, 15) is 5.11 Å². The normalized spacial score (nSPS) is 15.1. The van der Waals surface area contributed by atoms with Gasteiger partial charge in [0.05, 0.1) is 6.10 Å². The van der Waals surface area contributed by atoms with Gasteiger partial charge in [0.15, 0.2) is 0 Å². The summed E-state index contributed by atoms with van der Waals surface area (Å²) in [4.78, 5) is 0. The molecule has 0 bridgehead atoms. The van der Waals surface area contributed by atoms with Gasteiger partial charge in [0.25, 0.3) is 0 Å². The molecule has 2 unspecified atom stereocenters. The molecular formula is C14H23NO. The van der Waals surface area contributed by atoms with Gasteiger partial charge < -0.3 is 10.8 Å². The molecule has 0 saturated carbocycles. The van der Waals surface area contributed by atoms with Crippen molar-refractivity contribution in [3.05, 3.63) is 35.4 Å². The smallest absolute Gasteiger partial charge is 0.0623 e. The van der Waals surface area contributed by atoms with Crippen molar-refractivity contribution in [2.45, 2.75) is 39.2 Å². The summed E-state index contributed by atoms with van der Waals surface area (Å²) in [6.45, 7) is 6.79. The highest BCUT2D eigenvalue weighted by Gasteiger charge is 2.20. The molecule has 0 saturated heterocycles. The number of aliphatic hydroxyl groups excluding tert-OH is 1. The van der Waals surface area contributed by atoms with Gasteiger partial charge in [-0.15, -0.1) is 0 Å². The van der Waals surface area contributed by atoms with Gasteiger partial charge in [0.1, 0.15) is 0 Å². The lowest BCUT2D eigenvalue weighted by Gasteiger charge is -2.23. The molecule has 2 atom stereocenters. The molecule has 1 aromatic carbocycles. The Bertz CT molecular complexity index is 322. The molecular weight excluding hydrogens is 198 g/mol. The van der Waals surface area contributed by atoms with Crippen molar-refractivity contribution in [1.29, 1.82) is 0 Å². The Labute approximate surface area is 98.5 Å². The third-order valence-electron chi connectivity index (χ3n) is 2.90. The van der Waals surface area contributed by atoms with Crippen LogP contribution < -0.4 is 5.73 Å². The van der Waals surface area contributed by atoms with Crippen molar-refractivity contribution >= 4 is 0 Å². The standard InChI is InChI=1S/C14H23NO/c1-10(2)7-14(16)13(9-15)12-6-4-5-11(3)8-12/h4-6,8,10,13-14,16H,7,9,15H2,1-3H3. The molecule has 1 rings (SSSR count). The molecule has 0 fully saturated rings. The molecule has 0 aliphatic heterocycles. The molecule has 0 spiro atoms. The van der Waals surface area contributed by atoms with Gasteiger partial charge in [0.2, 0.25) is 0 Å². The average molecular weight is 221 g/mol. The average Bonchev–Trinajstić information content (AvgIpc) is 2.17. The van der Waals surface area contributed by atoms with Crippen LogP contribution in [0.15, 0.2) is 24.3 Å². The molecule has 0 aliphatic carbocycles. The molecule has 0 aromatic heterocycles. The maximum Gasteiger partial charge on any atom is 0.0623 e. The van der Waals surface area contributed by atoms with Gasteiger partial charge in [0, 0.05) is 12.5 Å². The molecule has 0 amide bonds. The first-order valence-electron chi connectivity index (χ1n) is 5.99. The van der Waals surface area contributed by atoms with Crippen LogP contribution in [0.25, 0.3) is 0 Å². The lowest BCUT2D eigenvalue weighted by molar-refractivity contribution is 0.121. The second kappa shape index (κ2) is 6.02. The molecule has 2 heteroatoms. The highest BCUT2D eigenvalue weighted by molar-refractivity contribution is 5.26. The van der Waals surface area contributed by atoms with E-state index >= 15 is 0 Å². The van der Waals surface area contributed by atoms with Crippen LogP contribution >= 0.6 is 0 Å². The molecule has 2 nitrogen and oxygen atoms in total. The number of aryl methyl sites for hydroxylation is 1. The Morgan fingerprint density at radius 1 is 1.31 bits per heavy atom. The van der Waals surface area contributed by atoms with Crippen LogP contribution in [0.5, 0.6) is 0 Å². The summed E-state index contributed by atoms with van der Waals surface area (Å²) in [6.07, 6.45) is 0.460. The van der Waals surface area contributed by atoms with Gasteiger partial charge in [-0.05, 0) is 24.8 Å². The molecule has 16 heavy (non-hydrogen) atoms. The summed E-state index contributed by atoms with van der Waals surface area (Å²) in [5.74, 6) is 0.552. The topological polar surface area (TPSA) is 46.2 Å². The monoisotopic (exact) mass is 221 g/mol. The van der Waals surface area contributed by atoms with Gasteiger partial charge >= 0.3 is 0 Å². The van der Waals surface area contributed by atoms with Gasteiger partial charge in [-0.3, -0.25) is 0 Å². The Hall–Kier alpha value is -0.860. The molecule has 3 N–H and O–H groups in total. The second-order valence-electron chi connectivity index (χ2n) is 4.95. The van der Waals surface area contributed by atoms with Gasteiger partial charge in [-0.25, -0.2) is 0 Å². The largest absolute Gasteiger partial charge is 0.392 e. The number of rotatable bonds is 5. The van der Waals surface area contributed by atoms with E-state index in [0.29, 0.717) is 12.5 Å². The third kappa shape index (κ3) is 3.62. The maximum absolute atomic E-state index is 10.1. The molecule has 0 aliphatic rings. The van der Waals surface area contributed by atoms with Crippen LogP contribution in [-0.2, 0) is 0 Å². The number of aliphatic hydroxyl groups is 1. The summed E-state index contributed by atoms with van der Waals surface area (Å²) in [5, 5.41) is 10.1. The number of hydrogen-bond acceptors (Lipinski definition) is 2. The first-order chi connectivity index (χ1) is 7.54. The minimum absolute atomic E-state index is 0.0577. The quantitative estimate of drug-likeness (QED) is 0.802. The predicted octanol–water partition coefficient (Wildman–Crippen LogP) is 2.44. The SMILES string of the molecule is Cc1cccc(C(CN)C(O)CC(C)C)c1. The van der Waals surface area contributed by atoms with Crippen molar-refractivity contribution in [3.63, 3.8) is 0 Å². The number of benzene rings is 1. The highest BCUT2D eigenvalue weighted by atomic mass is 16.3. The van der Waals surface area contributed by atoms with Crippen molar-refractivity contribution in [2.24, 2.45) is 11.7 Å². The Kier molecular flexibility index (Phi) is 4.97. The fourth-order valence-electron chi connectivity index (χ4n) is 2.06. The van der Waals surface area contributed by atoms with E-state index in [2.05, 4.69) is 32.9 Å². The van der Waals surface area contributed by atoms with E-state index in [1.165, 1.54) is 5.56 Å². The maximum atomic E-state index is 10.1. The zero-order valence-electron chi connectivity index (χ0n) is 10.5. The summed E-state index contributed by atoms with van der Waals surface area (Å²) in [5.41, 5.74) is 8.14. The predicted molar refractivity (Wildman–Crippen MR) is 68.4 cm³/mol. The van der Waals surface area contributed by atoms with E-state index in [0.717, 1.165) is 12.0 Å². The van der Waals surface area contributed by atoms with E-state index in [1.54, 1.807) is 0 Å². The lowest BCUT2D eigenvalue weighted by atomic mass is 9.88. The van der Waals surface area contributed by atoms with Crippen LogP contribution in [-0.4, -0.2) is 17.8 Å². The van der Waals surface area contributed by atoms with Crippen LogP contribution in [0.2, 0.25) is 0 Å². The molecule has 90 valence electrons. The fourth-order valence-corrected chi connectivity index (χ4v) is 2.06. The minimum atomic E-state index is -0.341. The first kappa shape index (κ1) is 13.2. The van der Waals surface area contributed by atoms with E-state index < -0.39 is 0 Å². The zero-order valence-corrected chi connectivity index (χ0v) is 10.5. The molecule has 0 heterocycles. The summed E-state index contributed by atoms with van der Waals surface area (Å²) in [7, 11) is 0. The van der Waals surface area contributed by atoms with Crippen molar-refractivity contribution in [1.82, 2.24) is 0 Å². The van der Waals surface area contributed by atoms with Crippen LogP contribution in [0, 0.1) is 12.8 Å². The van der Waals surface area contributed by atoms with Crippen LogP contribution in [0.3, 0.4) is 0 Å². The third-order valence-corrected chi connectivity index (χ3v) is 2.90. The second-order valence-corrected chi connectivity index (χ2v) is 4.95. The minimum Gasteiger partial charge on any atom is -0.392 e. The van der Waals surface area contributed by atoms with Crippen LogP contribution in [0.4, 0.5) is 0 Å². The Morgan fingerprint density at radius 2 is 2.00 bits per heavy atom. The van der Waals surface area contributed by atoms with E-state index in [4.69, 9.17) is 5.73 Å².